The summed E-state index contributed by atoms with van der Waals surface area (Å²) in [6, 6.07) is 8.54. The average molecular weight is 437 g/mol. The number of rotatable bonds is 6. The zero-order chi connectivity index (χ0) is 21.0. The van der Waals surface area contributed by atoms with Crippen LogP contribution < -0.4 is 20.7 Å². The van der Waals surface area contributed by atoms with Crippen molar-refractivity contribution in [3.63, 3.8) is 0 Å². The lowest BCUT2D eigenvalue weighted by atomic mass is 9.97. The molecule has 2 heterocycles. The molecule has 2 aromatic rings. The number of nitrogens with zero attached hydrogens (tertiary/aromatic N) is 2. The fourth-order valence-electron chi connectivity index (χ4n) is 3.13. The van der Waals surface area contributed by atoms with E-state index >= 15 is 0 Å². The van der Waals surface area contributed by atoms with E-state index in [0.717, 1.165) is 25.2 Å². The highest BCUT2D eigenvalue weighted by molar-refractivity contribution is 6.42. The Kier molecular flexibility index (Phi) is 6.82. The van der Waals surface area contributed by atoms with Crippen LogP contribution in [0.3, 0.4) is 0 Å². The van der Waals surface area contributed by atoms with Crippen LogP contribution in [0.15, 0.2) is 36.5 Å². The average Bonchev–Trinajstić information content (AvgIpc) is 2.72. The van der Waals surface area contributed by atoms with Crippen molar-refractivity contribution in [3.8, 4) is 5.75 Å². The van der Waals surface area contributed by atoms with E-state index in [9.17, 15) is 9.59 Å². The molecule has 0 bridgehead atoms. The van der Waals surface area contributed by atoms with Crippen LogP contribution in [0, 0.1) is 5.92 Å². The number of anilines is 2. The van der Waals surface area contributed by atoms with Crippen LogP contribution in [0.25, 0.3) is 0 Å². The number of amides is 2. The Labute approximate surface area is 179 Å². The summed E-state index contributed by atoms with van der Waals surface area (Å²) in [7, 11) is 0. The predicted octanol–water partition coefficient (Wildman–Crippen LogP) is 3.50. The van der Waals surface area contributed by atoms with Crippen molar-refractivity contribution >= 4 is 46.5 Å². The van der Waals surface area contributed by atoms with Gasteiger partial charge in [-0.05, 0) is 44.0 Å². The largest absolute Gasteiger partial charge is 0.479 e. The fraction of sp³-hybridized carbons (Fsp3) is 0.350. The first kappa shape index (κ1) is 21.2. The summed E-state index contributed by atoms with van der Waals surface area (Å²) in [5.74, 6) is 0.282. The molecule has 1 aromatic carbocycles. The van der Waals surface area contributed by atoms with E-state index in [-0.39, 0.29) is 22.8 Å². The van der Waals surface area contributed by atoms with Crippen LogP contribution in [-0.2, 0) is 9.59 Å². The molecule has 0 radical (unpaired) electrons. The van der Waals surface area contributed by atoms with Gasteiger partial charge in [-0.3, -0.25) is 9.59 Å². The molecule has 2 amide bonds. The van der Waals surface area contributed by atoms with Gasteiger partial charge < -0.3 is 20.7 Å². The van der Waals surface area contributed by atoms with Crippen LogP contribution in [0.2, 0.25) is 10.0 Å². The standard InChI is InChI=1S/C20H22Cl2N4O3/c1-12(29-16-6-2-5-15(21)18(16)22)20(28)25-14-7-8-17(24-10-14)26-9-3-4-13(11-26)19(23)27/h2,5-8,10,12-13H,3-4,9,11H2,1H3,(H2,23,27)(H,25,28). The second kappa shape index (κ2) is 9.33. The Balaban J connectivity index is 1.59. The Morgan fingerprint density at radius 2 is 2.10 bits per heavy atom. The molecular weight excluding hydrogens is 415 g/mol. The molecule has 7 nitrogen and oxygen atoms in total. The lowest BCUT2D eigenvalue weighted by molar-refractivity contribution is -0.122. The molecule has 3 rings (SSSR count). The highest BCUT2D eigenvalue weighted by Gasteiger charge is 2.25. The minimum atomic E-state index is -0.788. The Hall–Kier alpha value is -2.51. The summed E-state index contributed by atoms with van der Waals surface area (Å²) in [6.45, 7) is 2.99. The van der Waals surface area contributed by atoms with Crippen molar-refractivity contribution in [2.45, 2.75) is 25.9 Å². The molecule has 0 aliphatic carbocycles. The summed E-state index contributed by atoms with van der Waals surface area (Å²) in [6.07, 6.45) is 2.47. The third kappa shape index (κ3) is 5.31. The fourth-order valence-corrected chi connectivity index (χ4v) is 3.46. The predicted molar refractivity (Wildman–Crippen MR) is 114 cm³/mol. The van der Waals surface area contributed by atoms with Crippen molar-refractivity contribution in [1.29, 1.82) is 0 Å². The van der Waals surface area contributed by atoms with Crippen molar-refractivity contribution in [2.24, 2.45) is 11.7 Å². The van der Waals surface area contributed by atoms with Gasteiger partial charge in [-0.2, -0.15) is 0 Å². The van der Waals surface area contributed by atoms with Crippen LogP contribution >= 0.6 is 23.2 Å². The van der Waals surface area contributed by atoms with Gasteiger partial charge >= 0.3 is 0 Å². The van der Waals surface area contributed by atoms with E-state index in [1.807, 2.05) is 4.90 Å². The van der Waals surface area contributed by atoms with Crippen LogP contribution in [0.4, 0.5) is 11.5 Å². The lowest BCUT2D eigenvalue weighted by Crippen LogP contribution is -2.41. The van der Waals surface area contributed by atoms with E-state index in [0.29, 0.717) is 23.0 Å². The molecule has 0 saturated carbocycles. The summed E-state index contributed by atoms with van der Waals surface area (Å²) in [4.78, 5) is 30.3. The second-order valence-electron chi connectivity index (χ2n) is 6.89. The number of aromatic nitrogens is 1. The van der Waals surface area contributed by atoms with Crippen molar-refractivity contribution in [1.82, 2.24) is 4.98 Å². The maximum Gasteiger partial charge on any atom is 0.265 e. The normalized spacial score (nSPS) is 17.5. The molecule has 1 aliphatic heterocycles. The smallest absolute Gasteiger partial charge is 0.265 e. The number of primary amides is 1. The molecule has 1 aromatic heterocycles. The van der Waals surface area contributed by atoms with Gasteiger partial charge in [0.25, 0.3) is 5.91 Å². The third-order valence-electron chi connectivity index (χ3n) is 4.75. The number of carbonyl (C=O) groups excluding carboxylic acids is 2. The molecule has 154 valence electrons. The topological polar surface area (TPSA) is 97.5 Å². The second-order valence-corrected chi connectivity index (χ2v) is 7.68. The lowest BCUT2D eigenvalue weighted by Gasteiger charge is -2.32. The van der Waals surface area contributed by atoms with Gasteiger partial charge in [0.15, 0.2) is 6.10 Å². The Morgan fingerprint density at radius 3 is 2.79 bits per heavy atom. The first-order chi connectivity index (χ1) is 13.8. The van der Waals surface area contributed by atoms with Gasteiger partial charge in [0, 0.05) is 13.1 Å². The highest BCUT2D eigenvalue weighted by atomic mass is 35.5. The number of nitrogens with one attached hydrogen (secondary N) is 1. The highest BCUT2D eigenvalue weighted by Crippen LogP contribution is 2.32. The molecule has 1 fully saturated rings. The monoisotopic (exact) mass is 436 g/mol. The zero-order valence-electron chi connectivity index (χ0n) is 15.9. The maximum atomic E-state index is 12.4. The molecule has 2 atom stereocenters. The number of benzene rings is 1. The van der Waals surface area contributed by atoms with Crippen molar-refractivity contribution in [2.75, 3.05) is 23.3 Å². The maximum absolute atomic E-state index is 12.4. The summed E-state index contributed by atoms with van der Waals surface area (Å²) < 4.78 is 5.61. The number of nitrogens with two attached hydrogens (primary N) is 1. The number of hydrogen-bond donors (Lipinski definition) is 2. The number of pyridine rings is 1. The van der Waals surface area contributed by atoms with E-state index in [1.165, 1.54) is 0 Å². The van der Waals surface area contributed by atoms with E-state index < -0.39 is 6.10 Å². The first-order valence-electron chi connectivity index (χ1n) is 9.27. The summed E-state index contributed by atoms with van der Waals surface area (Å²) in [5, 5.41) is 3.37. The van der Waals surface area contributed by atoms with E-state index in [1.54, 1.807) is 43.5 Å². The number of hydrogen-bond acceptors (Lipinski definition) is 5. The first-order valence-corrected chi connectivity index (χ1v) is 10.0. The number of ether oxygens (including phenoxy) is 1. The van der Waals surface area contributed by atoms with Crippen LogP contribution in [0.1, 0.15) is 19.8 Å². The number of piperidine rings is 1. The molecule has 0 spiro atoms. The van der Waals surface area contributed by atoms with Gasteiger partial charge in [-0.1, -0.05) is 29.3 Å². The van der Waals surface area contributed by atoms with E-state index in [4.69, 9.17) is 33.7 Å². The van der Waals surface area contributed by atoms with E-state index in [2.05, 4.69) is 10.3 Å². The quantitative estimate of drug-likeness (QED) is 0.721. The van der Waals surface area contributed by atoms with Gasteiger partial charge in [0.05, 0.1) is 22.8 Å². The van der Waals surface area contributed by atoms with Crippen LogP contribution in [0.5, 0.6) is 5.75 Å². The molecule has 3 N–H and O–H groups in total. The molecule has 1 saturated heterocycles. The molecule has 1 aliphatic rings. The Bertz CT molecular complexity index is 892. The number of halogens is 2. The molecule has 29 heavy (non-hydrogen) atoms. The minimum absolute atomic E-state index is 0.166. The van der Waals surface area contributed by atoms with Gasteiger partial charge in [0.1, 0.15) is 16.6 Å². The molecule has 2 unspecified atom stereocenters. The SMILES string of the molecule is CC(Oc1cccc(Cl)c1Cl)C(=O)Nc1ccc(N2CCCC(C(N)=O)C2)nc1. The summed E-state index contributed by atoms with van der Waals surface area (Å²) >= 11 is 12.1. The van der Waals surface area contributed by atoms with Gasteiger partial charge in [-0.15, -0.1) is 0 Å². The number of carbonyl (C=O) groups is 2. The third-order valence-corrected chi connectivity index (χ3v) is 5.55. The molecule has 9 heteroatoms. The van der Waals surface area contributed by atoms with Gasteiger partial charge in [-0.25, -0.2) is 4.98 Å². The van der Waals surface area contributed by atoms with Crippen molar-refractivity contribution in [3.05, 3.63) is 46.6 Å². The minimum Gasteiger partial charge on any atom is -0.479 e. The summed E-state index contributed by atoms with van der Waals surface area (Å²) in [5.41, 5.74) is 5.96. The molecular formula is C20H22Cl2N4O3. The van der Waals surface area contributed by atoms with Gasteiger partial charge in [0.2, 0.25) is 5.91 Å². The Morgan fingerprint density at radius 1 is 1.31 bits per heavy atom. The zero-order valence-corrected chi connectivity index (χ0v) is 17.4. The van der Waals surface area contributed by atoms with Crippen LogP contribution in [-0.4, -0.2) is 36.0 Å². The van der Waals surface area contributed by atoms with Crippen molar-refractivity contribution < 1.29 is 14.3 Å².